The van der Waals surface area contributed by atoms with Crippen LogP contribution in [-0.4, -0.2) is 81.1 Å². The summed E-state index contributed by atoms with van der Waals surface area (Å²) in [6.45, 7) is 3.14. The molecular weight excluding hydrogens is 624 g/mol. The molecule has 1 atom stereocenters. The molecule has 2 heterocycles. The van der Waals surface area contributed by atoms with Crippen LogP contribution in [0, 0.1) is 12.3 Å². The largest absolute Gasteiger partial charge is 0.490 e. The van der Waals surface area contributed by atoms with Gasteiger partial charge in [-0.05, 0) is 49.4 Å². The number of carboxylic acids is 2. The van der Waals surface area contributed by atoms with E-state index in [1.54, 1.807) is 11.1 Å². The number of thiol groups is 1. The van der Waals surface area contributed by atoms with Crippen molar-refractivity contribution in [1.29, 1.82) is 0 Å². The summed E-state index contributed by atoms with van der Waals surface area (Å²) < 4.78 is 69.2. The molecule has 10 nitrogen and oxygen atoms in total. The third-order valence-corrected chi connectivity index (χ3v) is 6.72. The maximum absolute atomic E-state index is 13.3. The highest BCUT2D eigenvalue weighted by atomic mass is 32.1. The number of nitrogens with zero attached hydrogens (tertiary/aromatic N) is 2. The fourth-order valence-electron chi connectivity index (χ4n) is 3.87. The van der Waals surface area contributed by atoms with Gasteiger partial charge in [0.2, 0.25) is 5.91 Å². The summed E-state index contributed by atoms with van der Waals surface area (Å²) in [6, 6.07) is 13.0. The van der Waals surface area contributed by atoms with Gasteiger partial charge in [0.15, 0.2) is 0 Å². The number of aryl methyl sites for hydroxylation is 1. The molecule has 0 unspecified atom stereocenters. The number of rotatable bonds is 7. The number of piperidine rings is 1. The van der Waals surface area contributed by atoms with Crippen molar-refractivity contribution in [3.8, 4) is 0 Å². The van der Waals surface area contributed by atoms with Gasteiger partial charge >= 0.3 is 30.3 Å². The van der Waals surface area contributed by atoms with Crippen LogP contribution in [0.1, 0.15) is 29.7 Å². The smallest absolute Gasteiger partial charge is 0.475 e. The van der Waals surface area contributed by atoms with Gasteiger partial charge in [-0.2, -0.15) is 39.0 Å². The highest BCUT2D eigenvalue weighted by molar-refractivity contribution is 7.80. The van der Waals surface area contributed by atoms with Crippen molar-refractivity contribution in [3.05, 3.63) is 65.5 Å². The predicted octanol–water partition coefficient (Wildman–Crippen LogP) is 3.81. The zero-order valence-corrected chi connectivity index (χ0v) is 24.2. The van der Waals surface area contributed by atoms with Crippen LogP contribution in [0.4, 0.5) is 26.3 Å². The monoisotopic (exact) mass is 655 g/mol. The fraction of sp³-hybridized carbons (Fsp3) is 0.444. The van der Waals surface area contributed by atoms with Crippen molar-refractivity contribution < 1.29 is 60.5 Å². The quantitative estimate of drug-likeness (QED) is 0.198. The Morgan fingerprint density at radius 2 is 1.48 bits per heavy atom. The minimum Gasteiger partial charge on any atom is -0.475 e. The summed E-state index contributed by atoms with van der Waals surface area (Å²) in [6.07, 6.45) is -6.83. The van der Waals surface area contributed by atoms with Crippen LogP contribution in [0.2, 0.25) is 0 Å². The van der Waals surface area contributed by atoms with Crippen LogP contribution in [0.5, 0.6) is 0 Å². The lowest BCUT2D eigenvalue weighted by Gasteiger charge is -2.41. The zero-order valence-electron chi connectivity index (χ0n) is 23.3. The molecular formula is C27H31F6N3O7S. The van der Waals surface area contributed by atoms with Gasteiger partial charge in [-0.1, -0.05) is 30.3 Å². The number of aromatic nitrogens is 1. The molecule has 0 spiro atoms. The van der Waals surface area contributed by atoms with Gasteiger partial charge in [-0.15, -0.1) is 0 Å². The molecule has 17 heteroatoms. The summed E-state index contributed by atoms with van der Waals surface area (Å²) in [5.74, 6) is -5.56. The maximum Gasteiger partial charge on any atom is 0.490 e. The summed E-state index contributed by atoms with van der Waals surface area (Å²) in [5.41, 5.74) is 8.17. The van der Waals surface area contributed by atoms with Crippen LogP contribution in [0.15, 0.2) is 48.7 Å². The minimum atomic E-state index is -5.08. The van der Waals surface area contributed by atoms with E-state index in [4.69, 9.17) is 30.3 Å². The highest BCUT2D eigenvalue weighted by Crippen LogP contribution is 2.38. The van der Waals surface area contributed by atoms with Crippen molar-refractivity contribution in [1.82, 2.24) is 9.88 Å². The van der Waals surface area contributed by atoms with E-state index in [9.17, 15) is 35.9 Å². The Morgan fingerprint density at radius 1 is 0.977 bits per heavy atom. The van der Waals surface area contributed by atoms with Crippen LogP contribution in [-0.2, 0) is 36.9 Å². The number of halogens is 6. The number of carboxylic acid groups (broad SMARTS) is 2. The van der Waals surface area contributed by atoms with E-state index in [2.05, 4.69) is 23.7 Å². The van der Waals surface area contributed by atoms with Gasteiger partial charge in [-0.3, -0.25) is 14.6 Å². The molecule has 1 aromatic carbocycles. The van der Waals surface area contributed by atoms with Crippen LogP contribution >= 0.6 is 12.6 Å². The molecule has 3 rings (SSSR count). The van der Waals surface area contributed by atoms with E-state index < -0.39 is 35.7 Å². The molecule has 1 aliphatic heterocycles. The Bertz CT molecular complexity index is 1230. The van der Waals surface area contributed by atoms with Crippen LogP contribution < -0.4 is 5.73 Å². The zero-order chi connectivity index (χ0) is 33.7. The molecule has 2 aromatic rings. The summed E-state index contributed by atoms with van der Waals surface area (Å²) in [5, 5.41) is 14.2. The van der Waals surface area contributed by atoms with Gasteiger partial charge in [0.1, 0.15) is 6.61 Å². The molecule has 1 saturated heterocycles. The number of aliphatic carboxylic acids is 2. The highest BCUT2D eigenvalue weighted by Gasteiger charge is 2.44. The standard InChI is InChI=1S/C23H29N3O3S.2C2HF3O2/c1-17-6-2-3-7-18(17)14-23(22(28)29-15-19-8-4-5-11-25-19)9-12-26(13-10-23)21(27)20(24)16-30;2*3-2(4,5)1(6)7/h2-8,11,20,30H,9-10,12-16,24H2,1H3;2*(H,6,7)/t20-;;/m0../s1. The predicted molar refractivity (Wildman–Crippen MR) is 146 cm³/mol. The lowest BCUT2D eigenvalue weighted by Crippen LogP contribution is -2.52. The van der Waals surface area contributed by atoms with Gasteiger partial charge in [0.25, 0.3) is 0 Å². The van der Waals surface area contributed by atoms with Crippen molar-refractivity contribution in [2.24, 2.45) is 11.1 Å². The molecule has 1 aromatic heterocycles. The van der Waals surface area contributed by atoms with E-state index in [0.717, 1.165) is 11.1 Å². The first-order valence-corrected chi connectivity index (χ1v) is 13.3. The van der Waals surface area contributed by atoms with Crippen molar-refractivity contribution >= 4 is 36.4 Å². The average Bonchev–Trinajstić information content (AvgIpc) is 2.97. The Labute approximate surface area is 253 Å². The minimum absolute atomic E-state index is 0.114. The van der Waals surface area contributed by atoms with Crippen molar-refractivity contribution in [2.45, 2.75) is 51.2 Å². The van der Waals surface area contributed by atoms with Crippen molar-refractivity contribution in [2.75, 3.05) is 18.8 Å². The number of benzene rings is 1. The SMILES string of the molecule is Cc1ccccc1CC1(C(=O)OCc2ccccn2)CCN(C(=O)[C@@H](N)CS)CC1.O=C(O)C(F)(F)F.O=C(O)C(F)(F)F. The summed E-state index contributed by atoms with van der Waals surface area (Å²) >= 11 is 4.13. The topological polar surface area (TPSA) is 160 Å². The normalized spacial score (nSPS) is 15.0. The lowest BCUT2D eigenvalue weighted by molar-refractivity contribution is -0.193. The molecule has 1 aliphatic rings. The Kier molecular flexibility index (Phi) is 14.6. The third kappa shape index (κ3) is 12.4. The molecule has 0 saturated carbocycles. The first-order chi connectivity index (χ1) is 20.3. The molecule has 44 heavy (non-hydrogen) atoms. The number of hydrogen-bond donors (Lipinski definition) is 4. The second-order valence-electron chi connectivity index (χ2n) is 9.50. The molecule has 4 N–H and O–H groups in total. The molecule has 1 fully saturated rings. The molecule has 0 aliphatic carbocycles. The second-order valence-corrected chi connectivity index (χ2v) is 9.87. The Morgan fingerprint density at radius 3 is 1.91 bits per heavy atom. The lowest BCUT2D eigenvalue weighted by atomic mass is 9.73. The second kappa shape index (κ2) is 16.8. The van der Waals surface area contributed by atoms with Gasteiger partial charge < -0.3 is 25.6 Å². The number of hydrogen-bond acceptors (Lipinski definition) is 8. The van der Waals surface area contributed by atoms with E-state index in [1.165, 1.54) is 0 Å². The molecule has 0 radical (unpaired) electrons. The number of esters is 1. The number of carbonyl (C=O) groups is 4. The van der Waals surface area contributed by atoms with E-state index in [0.29, 0.717) is 43.8 Å². The molecule has 0 bridgehead atoms. The number of pyridine rings is 1. The third-order valence-electron chi connectivity index (χ3n) is 6.33. The summed E-state index contributed by atoms with van der Waals surface area (Å²) in [7, 11) is 0. The van der Waals surface area contributed by atoms with E-state index in [1.807, 2.05) is 43.3 Å². The Balaban J connectivity index is 0.000000574. The Hall–Kier alpha value is -3.86. The summed E-state index contributed by atoms with van der Waals surface area (Å²) in [4.78, 5) is 49.5. The first-order valence-electron chi connectivity index (χ1n) is 12.7. The van der Waals surface area contributed by atoms with Gasteiger partial charge in [0, 0.05) is 25.0 Å². The number of carbonyl (C=O) groups excluding carboxylic acids is 2. The number of amides is 1. The maximum atomic E-state index is 13.3. The molecule has 1 amide bonds. The van der Waals surface area contributed by atoms with E-state index >= 15 is 0 Å². The fourth-order valence-corrected chi connectivity index (χ4v) is 4.03. The van der Waals surface area contributed by atoms with Gasteiger partial charge in [0.05, 0.1) is 17.2 Å². The number of ether oxygens (including phenoxy) is 1. The first kappa shape index (κ1) is 38.2. The van der Waals surface area contributed by atoms with Gasteiger partial charge in [-0.25, -0.2) is 9.59 Å². The van der Waals surface area contributed by atoms with Crippen LogP contribution in [0.3, 0.4) is 0 Å². The average molecular weight is 656 g/mol. The number of nitrogens with two attached hydrogens (primary N) is 1. The van der Waals surface area contributed by atoms with E-state index in [-0.39, 0.29) is 18.5 Å². The van der Waals surface area contributed by atoms with Crippen molar-refractivity contribution in [3.63, 3.8) is 0 Å². The molecule has 244 valence electrons. The number of likely N-dealkylation sites (tertiary alicyclic amines) is 1. The van der Waals surface area contributed by atoms with Crippen LogP contribution in [0.25, 0.3) is 0 Å². The number of alkyl halides is 6.